The SMILES string of the molecule is COc1cc([C@]23CCC(=O)C[C@H]2N(C)CC3)cc(I)c1OC. The monoisotopic (exact) mass is 415 g/mol. The highest BCUT2D eigenvalue weighted by Crippen LogP contribution is 2.49. The van der Waals surface area contributed by atoms with Crippen LogP contribution in [-0.4, -0.2) is 44.5 Å². The maximum Gasteiger partial charge on any atom is 0.174 e. The molecular formula is C17H22INO3. The summed E-state index contributed by atoms with van der Waals surface area (Å²) >= 11 is 2.31. The quantitative estimate of drug-likeness (QED) is 0.712. The lowest BCUT2D eigenvalue weighted by Crippen LogP contribution is -2.46. The molecule has 2 aliphatic rings. The van der Waals surface area contributed by atoms with Gasteiger partial charge in [-0.1, -0.05) is 0 Å². The lowest BCUT2D eigenvalue weighted by Gasteiger charge is -2.41. The van der Waals surface area contributed by atoms with Crippen molar-refractivity contribution in [3.8, 4) is 11.5 Å². The van der Waals surface area contributed by atoms with Crippen molar-refractivity contribution in [3.05, 3.63) is 21.3 Å². The van der Waals surface area contributed by atoms with E-state index >= 15 is 0 Å². The molecule has 2 fully saturated rings. The smallest absolute Gasteiger partial charge is 0.174 e. The molecule has 4 nitrogen and oxygen atoms in total. The fourth-order valence-corrected chi connectivity index (χ4v) is 4.95. The zero-order chi connectivity index (χ0) is 15.9. The topological polar surface area (TPSA) is 38.8 Å². The van der Waals surface area contributed by atoms with Crippen molar-refractivity contribution in [2.75, 3.05) is 27.8 Å². The van der Waals surface area contributed by atoms with Crippen molar-refractivity contribution in [3.63, 3.8) is 0 Å². The van der Waals surface area contributed by atoms with Crippen molar-refractivity contribution in [1.82, 2.24) is 4.90 Å². The molecule has 0 amide bonds. The van der Waals surface area contributed by atoms with Gasteiger partial charge in [0, 0.05) is 24.3 Å². The second-order valence-corrected chi connectivity index (χ2v) is 7.50. The first-order valence-electron chi connectivity index (χ1n) is 7.66. The summed E-state index contributed by atoms with van der Waals surface area (Å²) in [5, 5.41) is 0. The van der Waals surface area contributed by atoms with E-state index in [-0.39, 0.29) is 5.41 Å². The molecule has 0 bridgehead atoms. The highest BCUT2D eigenvalue weighted by molar-refractivity contribution is 14.1. The number of Topliss-reactive ketones (excluding diaryl/α,β-unsaturated/α-hetero) is 1. The van der Waals surface area contributed by atoms with Crippen molar-refractivity contribution < 1.29 is 14.3 Å². The summed E-state index contributed by atoms with van der Waals surface area (Å²) in [7, 11) is 5.48. The van der Waals surface area contributed by atoms with Crippen LogP contribution in [0.4, 0.5) is 0 Å². The minimum absolute atomic E-state index is 0.0716. The molecule has 0 spiro atoms. The van der Waals surface area contributed by atoms with E-state index in [1.165, 1.54) is 5.56 Å². The van der Waals surface area contributed by atoms with Gasteiger partial charge in [0.1, 0.15) is 5.78 Å². The van der Waals surface area contributed by atoms with Crippen molar-refractivity contribution in [2.24, 2.45) is 0 Å². The Labute approximate surface area is 145 Å². The first-order chi connectivity index (χ1) is 10.5. The van der Waals surface area contributed by atoms with E-state index in [0.29, 0.717) is 24.7 Å². The Kier molecular flexibility index (Phi) is 4.38. The van der Waals surface area contributed by atoms with Crippen LogP contribution >= 0.6 is 22.6 Å². The zero-order valence-electron chi connectivity index (χ0n) is 13.3. The van der Waals surface area contributed by atoms with E-state index in [4.69, 9.17) is 9.47 Å². The molecule has 0 aromatic heterocycles. The molecule has 1 aromatic carbocycles. The largest absolute Gasteiger partial charge is 0.493 e. The van der Waals surface area contributed by atoms with Gasteiger partial charge in [0.2, 0.25) is 0 Å². The lowest BCUT2D eigenvalue weighted by molar-refractivity contribution is -0.122. The van der Waals surface area contributed by atoms with Gasteiger partial charge in [0.15, 0.2) is 11.5 Å². The minimum atomic E-state index is 0.0716. The molecule has 5 heteroatoms. The van der Waals surface area contributed by atoms with Gasteiger partial charge in [-0.15, -0.1) is 0 Å². The summed E-state index contributed by atoms with van der Waals surface area (Å²) in [4.78, 5) is 14.3. The molecule has 1 saturated carbocycles. The number of carbonyl (C=O) groups is 1. The average Bonchev–Trinajstić information content (AvgIpc) is 2.84. The third-order valence-corrected chi connectivity index (χ3v) is 6.16. The van der Waals surface area contributed by atoms with E-state index < -0.39 is 0 Å². The van der Waals surface area contributed by atoms with E-state index in [9.17, 15) is 4.79 Å². The third-order valence-electron chi connectivity index (χ3n) is 5.36. The number of hydrogen-bond donors (Lipinski definition) is 0. The molecule has 0 N–H and O–H groups in total. The van der Waals surface area contributed by atoms with Crippen LogP contribution in [0.5, 0.6) is 11.5 Å². The number of nitrogens with zero attached hydrogens (tertiary/aromatic N) is 1. The highest BCUT2D eigenvalue weighted by atomic mass is 127. The second kappa shape index (κ2) is 6.00. The molecule has 0 unspecified atom stereocenters. The highest BCUT2D eigenvalue weighted by Gasteiger charge is 2.50. The number of likely N-dealkylation sites (N-methyl/N-ethyl adjacent to an activating group) is 1. The van der Waals surface area contributed by atoms with Crippen LogP contribution in [0.2, 0.25) is 0 Å². The Hall–Kier alpha value is -0.820. The van der Waals surface area contributed by atoms with Gasteiger partial charge >= 0.3 is 0 Å². The Morgan fingerprint density at radius 2 is 2.05 bits per heavy atom. The second-order valence-electron chi connectivity index (χ2n) is 6.34. The molecule has 120 valence electrons. The molecule has 2 atom stereocenters. The van der Waals surface area contributed by atoms with Gasteiger partial charge in [-0.05, 0) is 66.7 Å². The average molecular weight is 415 g/mol. The van der Waals surface area contributed by atoms with E-state index in [2.05, 4.69) is 46.7 Å². The number of fused-ring (bicyclic) bond motifs is 1. The van der Waals surface area contributed by atoms with Gasteiger partial charge in [-0.25, -0.2) is 0 Å². The molecule has 1 saturated heterocycles. The van der Waals surface area contributed by atoms with Gasteiger partial charge < -0.3 is 14.4 Å². The molecule has 22 heavy (non-hydrogen) atoms. The lowest BCUT2D eigenvalue weighted by atomic mass is 9.66. The summed E-state index contributed by atoms with van der Waals surface area (Å²) < 4.78 is 12.1. The Balaban J connectivity index is 2.09. The summed E-state index contributed by atoms with van der Waals surface area (Å²) in [6.07, 6.45) is 3.40. The van der Waals surface area contributed by atoms with E-state index in [1.807, 2.05) is 0 Å². The summed E-state index contributed by atoms with van der Waals surface area (Å²) in [6.45, 7) is 1.04. The zero-order valence-corrected chi connectivity index (χ0v) is 15.5. The summed E-state index contributed by atoms with van der Waals surface area (Å²) in [6, 6.07) is 4.63. The van der Waals surface area contributed by atoms with Crippen LogP contribution in [0, 0.1) is 3.57 Å². The van der Waals surface area contributed by atoms with Crippen LogP contribution in [0.1, 0.15) is 31.2 Å². The van der Waals surface area contributed by atoms with Crippen molar-refractivity contribution in [1.29, 1.82) is 0 Å². The van der Waals surface area contributed by atoms with Gasteiger partial charge in [-0.3, -0.25) is 4.79 Å². The number of methoxy groups -OCH3 is 2. The normalized spacial score (nSPS) is 28.5. The van der Waals surface area contributed by atoms with Gasteiger partial charge in [0.25, 0.3) is 0 Å². The molecule has 0 radical (unpaired) electrons. The van der Waals surface area contributed by atoms with Crippen molar-refractivity contribution in [2.45, 2.75) is 37.1 Å². The van der Waals surface area contributed by atoms with Crippen LogP contribution in [0.15, 0.2) is 12.1 Å². The molecule has 1 aliphatic carbocycles. The number of ketones is 1. The number of likely N-dealkylation sites (tertiary alicyclic amines) is 1. The number of hydrogen-bond acceptors (Lipinski definition) is 4. The maximum absolute atomic E-state index is 11.9. The maximum atomic E-state index is 11.9. The fraction of sp³-hybridized carbons (Fsp3) is 0.588. The van der Waals surface area contributed by atoms with E-state index in [1.54, 1.807) is 14.2 Å². The Morgan fingerprint density at radius 1 is 1.27 bits per heavy atom. The van der Waals surface area contributed by atoms with Crippen LogP contribution < -0.4 is 9.47 Å². The molecule has 3 rings (SSSR count). The number of carbonyl (C=O) groups excluding carboxylic acids is 1. The number of rotatable bonds is 3. The van der Waals surface area contributed by atoms with Gasteiger partial charge in [-0.2, -0.15) is 0 Å². The number of halogens is 1. The number of ether oxygens (including phenoxy) is 2. The molecule has 1 aromatic rings. The van der Waals surface area contributed by atoms with Crippen LogP contribution in [-0.2, 0) is 10.2 Å². The first-order valence-corrected chi connectivity index (χ1v) is 8.73. The summed E-state index contributed by atoms with van der Waals surface area (Å²) in [5.74, 6) is 1.96. The predicted octanol–water partition coefficient (Wildman–Crippen LogP) is 3.00. The predicted molar refractivity (Wildman–Crippen MR) is 93.8 cm³/mol. The van der Waals surface area contributed by atoms with Crippen LogP contribution in [0.25, 0.3) is 0 Å². The molecule has 1 aliphatic heterocycles. The number of benzene rings is 1. The Morgan fingerprint density at radius 3 is 2.73 bits per heavy atom. The molecule has 1 heterocycles. The van der Waals surface area contributed by atoms with Gasteiger partial charge in [0.05, 0.1) is 17.8 Å². The third kappa shape index (κ3) is 2.42. The first kappa shape index (κ1) is 16.1. The summed E-state index contributed by atoms with van der Waals surface area (Å²) in [5.41, 5.74) is 1.36. The standard InChI is InChI=1S/C17H22INO3/c1-19-7-6-17(5-4-12(20)10-15(17)19)11-8-13(18)16(22-3)14(9-11)21-2/h8-9,15H,4-7,10H2,1-3H3/t15-,17-/m1/s1. The van der Waals surface area contributed by atoms with E-state index in [0.717, 1.165) is 34.5 Å². The Bertz CT molecular complexity index is 604. The minimum Gasteiger partial charge on any atom is -0.493 e. The fourth-order valence-electron chi connectivity index (χ4n) is 4.13. The molecular weight excluding hydrogens is 393 g/mol. The van der Waals surface area contributed by atoms with Crippen LogP contribution in [0.3, 0.4) is 0 Å². The van der Waals surface area contributed by atoms with Crippen molar-refractivity contribution >= 4 is 28.4 Å².